The topological polar surface area (TPSA) is 0 Å². The Hall–Kier alpha value is -0.140. The normalized spacial score (nSPS) is 21.1. The van der Waals surface area contributed by atoms with E-state index in [9.17, 15) is 0 Å². The molecule has 1 aliphatic rings. The lowest BCUT2D eigenvalue weighted by atomic mass is 9.85. The molecule has 2 atom stereocenters. The van der Waals surface area contributed by atoms with E-state index in [-0.39, 0.29) is 0 Å². The molecule has 0 fully saturated rings. The van der Waals surface area contributed by atoms with Crippen LogP contribution in [-0.4, -0.2) is 11.6 Å². The monoisotopic (exact) mass is 254 g/mol. The minimum Gasteiger partial charge on any atom is -0.126 e. The number of hydrogen-bond acceptors (Lipinski definition) is 1. The summed E-state index contributed by atoms with van der Waals surface area (Å²) >= 11 is 8.06. The van der Waals surface area contributed by atoms with Crippen LogP contribution in [0, 0.1) is 11.8 Å². The second-order valence-corrected chi connectivity index (χ2v) is 6.31. The summed E-state index contributed by atoms with van der Waals surface area (Å²) in [6, 6.07) is 8.81. The number of benzene rings is 1. The predicted molar refractivity (Wildman–Crippen MR) is 73.6 cm³/mol. The highest BCUT2D eigenvalue weighted by molar-refractivity contribution is 7.99. The molecule has 16 heavy (non-hydrogen) atoms. The van der Waals surface area contributed by atoms with Gasteiger partial charge in [0.1, 0.15) is 0 Å². The number of halogens is 1. The van der Waals surface area contributed by atoms with Crippen LogP contribution in [0.3, 0.4) is 0 Å². The van der Waals surface area contributed by atoms with Gasteiger partial charge in [0.2, 0.25) is 0 Å². The molecule has 0 amide bonds. The maximum absolute atomic E-state index is 6.06. The van der Waals surface area contributed by atoms with Crippen molar-refractivity contribution in [2.24, 2.45) is 11.8 Å². The molecule has 1 heterocycles. The Balaban J connectivity index is 2.08. The SMILES string of the molecule is CC(C)C(CCl)CC1CSc2ccccc21. The third-order valence-electron chi connectivity index (χ3n) is 3.53. The van der Waals surface area contributed by atoms with E-state index in [1.807, 2.05) is 11.8 Å². The van der Waals surface area contributed by atoms with Crippen LogP contribution in [0.15, 0.2) is 29.2 Å². The van der Waals surface area contributed by atoms with Crippen molar-refractivity contribution in [3.05, 3.63) is 29.8 Å². The Bertz CT molecular complexity index is 348. The average molecular weight is 255 g/mol. The molecular formula is C14H19ClS. The number of fused-ring (bicyclic) bond motifs is 1. The first-order valence-corrected chi connectivity index (χ1v) is 7.52. The van der Waals surface area contributed by atoms with Crippen molar-refractivity contribution in [1.29, 1.82) is 0 Å². The molecule has 88 valence electrons. The van der Waals surface area contributed by atoms with Gasteiger partial charge in [-0.1, -0.05) is 32.0 Å². The summed E-state index contributed by atoms with van der Waals surface area (Å²) in [6.45, 7) is 4.56. The second-order valence-electron chi connectivity index (χ2n) is 4.94. The zero-order valence-electron chi connectivity index (χ0n) is 9.95. The Morgan fingerprint density at radius 2 is 2.12 bits per heavy atom. The van der Waals surface area contributed by atoms with E-state index in [0.29, 0.717) is 17.8 Å². The summed E-state index contributed by atoms with van der Waals surface area (Å²) in [6.07, 6.45) is 1.24. The molecule has 0 N–H and O–H groups in total. The van der Waals surface area contributed by atoms with Gasteiger partial charge in [-0.2, -0.15) is 0 Å². The molecule has 2 rings (SSSR count). The number of thioether (sulfide) groups is 1. The lowest BCUT2D eigenvalue weighted by molar-refractivity contribution is 0.375. The number of rotatable bonds is 4. The highest BCUT2D eigenvalue weighted by Crippen LogP contribution is 2.43. The van der Waals surface area contributed by atoms with Crippen molar-refractivity contribution < 1.29 is 0 Å². The van der Waals surface area contributed by atoms with Crippen molar-refractivity contribution >= 4 is 23.4 Å². The smallest absolute Gasteiger partial charge is 0.0254 e. The molecule has 2 heteroatoms. The molecule has 0 aliphatic carbocycles. The zero-order chi connectivity index (χ0) is 11.5. The molecule has 0 spiro atoms. The highest BCUT2D eigenvalue weighted by Gasteiger charge is 2.26. The van der Waals surface area contributed by atoms with E-state index in [2.05, 4.69) is 38.1 Å². The van der Waals surface area contributed by atoms with E-state index < -0.39 is 0 Å². The Morgan fingerprint density at radius 1 is 1.38 bits per heavy atom. The first kappa shape index (κ1) is 12.3. The minimum atomic E-state index is 0.651. The van der Waals surface area contributed by atoms with Gasteiger partial charge >= 0.3 is 0 Å². The van der Waals surface area contributed by atoms with Gasteiger partial charge in [-0.15, -0.1) is 23.4 Å². The van der Waals surface area contributed by atoms with Gasteiger partial charge in [-0.05, 0) is 35.8 Å². The van der Waals surface area contributed by atoms with Crippen LogP contribution in [-0.2, 0) is 0 Å². The Labute approximate surface area is 108 Å². The van der Waals surface area contributed by atoms with Crippen LogP contribution < -0.4 is 0 Å². The molecular weight excluding hydrogens is 236 g/mol. The maximum atomic E-state index is 6.06. The Morgan fingerprint density at radius 3 is 2.81 bits per heavy atom. The fourth-order valence-electron chi connectivity index (χ4n) is 2.30. The standard InChI is InChI=1S/C14H19ClS/c1-10(2)11(8-15)7-12-9-16-14-6-4-3-5-13(12)14/h3-6,10-12H,7-9H2,1-2H3. The van der Waals surface area contributed by atoms with Crippen molar-refractivity contribution in [3.8, 4) is 0 Å². The van der Waals surface area contributed by atoms with Gasteiger partial charge in [-0.3, -0.25) is 0 Å². The van der Waals surface area contributed by atoms with E-state index in [0.717, 1.165) is 5.88 Å². The molecule has 0 aromatic heterocycles. The third kappa shape index (κ3) is 2.57. The van der Waals surface area contributed by atoms with Gasteiger partial charge in [0.15, 0.2) is 0 Å². The molecule has 1 aromatic carbocycles. The van der Waals surface area contributed by atoms with Crippen LogP contribution in [0.1, 0.15) is 31.7 Å². The molecule has 2 unspecified atom stereocenters. The molecule has 1 aliphatic heterocycles. The van der Waals surface area contributed by atoms with Crippen molar-refractivity contribution in [3.63, 3.8) is 0 Å². The van der Waals surface area contributed by atoms with Gasteiger partial charge in [0, 0.05) is 16.5 Å². The van der Waals surface area contributed by atoms with Gasteiger partial charge in [0.25, 0.3) is 0 Å². The molecule has 0 nitrogen and oxygen atoms in total. The zero-order valence-corrected chi connectivity index (χ0v) is 11.5. The lowest BCUT2D eigenvalue weighted by Gasteiger charge is -2.22. The van der Waals surface area contributed by atoms with Crippen LogP contribution in [0.5, 0.6) is 0 Å². The predicted octanol–water partition coefficient (Wildman–Crippen LogP) is 4.78. The average Bonchev–Trinajstić information content (AvgIpc) is 2.69. The van der Waals surface area contributed by atoms with Crippen LogP contribution >= 0.6 is 23.4 Å². The number of hydrogen-bond donors (Lipinski definition) is 0. The summed E-state index contributed by atoms with van der Waals surface area (Å²) < 4.78 is 0. The van der Waals surface area contributed by atoms with Crippen molar-refractivity contribution in [2.45, 2.75) is 31.1 Å². The molecule has 0 saturated carbocycles. The first-order chi connectivity index (χ1) is 7.72. The number of alkyl halides is 1. The van der Waals surface area contributed by atoms with E-state index in [1.165, 1.54) is 17.1 Å². The minimum absolute atomic E-state index is 0.651. The van der Waals surface area contributed by atoms with Crippen LogP contribution in [0.25, 0.3) is 0 Å². The molecule has 0 bridgehead atoms. The quantitative estimate of drug-likeness (QED) is 0.697. The molecule has 0 saturated heterocycles. The van der Waals surface area contributed by atoms with Gasteiger partial charge < -0.3 is 0 Å². The van der Waals surface area contributed by atoms with E-state index in [4.69, 9.17) is 11.6 Å². The highest BCUT2D eigenvalue weighted by atomic mass is 35.5. The van der Waals surface area contributed by atoms with Crippen molar-refractivity contribution in [2.75, 3.05) is 11.6 Å². The Kier molecular flexibility index (Phi) is 4.21. The summed E-state index contributed by atoms with van der Waals surface area (Å²) in [5.41, 5.74) is 1.54. The molecule has 0 radical (unpaired) electrons. The fraction of sp³-hybridized carbons (Fsp3) is 0.571. The summed E-state index contributed by atoms with van der Waals surface area (Å²) in [7, 11) is 0. The van der Waals surface area contributed by atoms with E-state index >= 15 is 0 Å². The fourth-order valence-corrected chi connectivity index (χ4v) is 4.06. The van der Waals surface area contributed by atoms with Crippen LogP contribution in [0.2, 0.25) is 0 Å². The van der Waals surface area contributed by atoms with Gasteiger partial charge in [0.05, 0.1) is 0 Å². The van der Waals surface area contributed by atoms with Crippen molar-refractivity contribution in [1.82, 2.24) is 0 Å². The third-order valence-corrected chi connectivity index (χ3v) is 5.18. The molecule has 1 aromatic rings. The lowest BCUT2D eigenvalue weighted by Crippen LogP contribution is -2.14. The summed E-state index contributed by atoms with van der Waals surface area (Å²) in [5.74, 6) is 4.08. The second kappa shape index (κ2) is 5.46. The maximum Gasteiger partial charge on any atom is 0.0254 e. The summed E-state index contributed by atoms with van der Waals surface area (Å²) in [5, 5.41) is 0. The largest absolute Gasteiger partial charge is 0.126 e. The first-order valence-electron chi connectivity index (χ1n) is 6.00. The van der Waals surface area contributed by atoms with Gasteiger partial charge in [-0.25, -0.2) is 0 Å². The van der Waals surface area contributed by atoms with Crippen LogP contribution in [0.4, 0.5) is 0 Å². The van der Waals surface area contributed by atoms with E-state index in [1.54, 1.807) is 5.56 Å². The summed E-state index contributed by atoms with van der Waals surface area (Å²) in [4.78, 5) is 1.48.